The van der Waals surface area contributed by atoms with Gasteiger partial charge in [0, 0.05) is 49.7 Å². The summed E-state index contributed by atoms with van der Waals surface area (Å²) in [7, 11) is 0. The van der Waals surface area contributed by atoms with Gasteiger partial charge in [0.15, 0.2) is 5.96 Å². The molecule has 14 atom stereocenters. The highest BCUT2D eigenvalue weighted by Gasteiger charge is 2.66. The van der Waals surface area contributed by atoms with Gasteiger partial charge in [0.1, 0.15) is 83.8 Å². The van der Waals surface area contributed by atoms with E-state index in [1.807, 2.05) is 67.6 Å². The van der Waals surface area contributed by atoms with Gasteiger partial charge >= 0.3 is 17.9 Å². The maximum absolute atomic E-state index is 15.4. The minimum absolute atomic E-state index is 0.101. The number of phenolic OH excluding ortho intramolecular Hbond substituents is 1. The van der Waals surface area contributed by atoms with Crippen molar-refractivity contribution in [2.45, 2.75) is 229 Å². The van der Waals surface area contributed by atoms with E-state index in [0.717, 1.165) is 28.5 Å². The van der Waals surface area contributed by atoms with Gasteiger partial charge in [-0.05, 0) is 121 Å². The highest BCUT2D eigenvalue weighted by atomic mass is 32.2. The Bertz CT molecular complexity index is 5090. The van der Waals surface area contributed by atoms with Gasteiger partial charge in [0.2, 0.25) is 82.7 Å². The largest absolute Gasteiger partial charge is 0.508 e. The third-order valence-corrected chi connectivity index (χ3v) is 23.3. The molecule has 1 saturated carbocycles. The Kier molecular flexibility index (Phi) is 39.7. The maximum Gasteiger partial charge on any atom is 0.309 e. The van der Waals surface area contributed by atoms with Crippen molar-refractivity contribution in [3.8, 4) is 16.9 Å². The van der Waals surface area contributed by atoms with E-state index in [9.17, 15) is 73.2 Å². The van der Waals surface area contributed by atoms with Crippen LogP contribution in [0, 0.1) is 23.2 Å². The maximum atomic E-state index is 15.4. The number of aliphatic carboxylic acids is 3. The first-order valence-electron chi connectivity index (χ1n) is 43.9. The molecule has 1 aliphatic carbocycles. The number of nitrogens with zero attached hydrogens (tertiary/aromatic N) is 1. The number of aromatic hydroxyl groups is 1. The molecule has 2 heterocycles. The number of carbonyl (C=O) groups is 17. The van der Waals surface area contributed by atoms with Crippen molar-refractivity contribution in [2.75, 3.05) is 16.8 Å². The molecular formula is C92H119N19O21S. The Labute approximate surface area is 772 Å². The van der Waals surface area contributed by atoms with Crippen LogP contribution in [0.4, 0.5) is 5.69 Å². The molecule has 14 amide bonds. The molecule has 41 heteroatoms. The van der Waals surface area contributed by atoms with Crippen molar-refractivity contribution in [1.29, 1.82) is 5.41 Å². The molecule has 2 unspecified atom stereocenters. The van der Waals surface area contributed by atoms with Gasteiger partial charge < -0.3 is 111 Å². The topological polar surface area (TPSA) is 644 Å². The molecule has 0 radical (unpaired) electrons. The lowest BCUT2D eigenvalue weighted by Gasteiger charge is -2.30. The second-order valence-corrected chi connectivity index (χ2v) is 34.8. The van der Waals surface area contributed by atoms with Crippen molar-refractivity contribution in [3.63, 3.8) is 0 Å². The SMILES string of the molecule is CCCCC[C@@H]1NC(=O)[C@H](Cc2cccc(NC(=N)N)c2)NC(=O)[C@H](C)NC(=O)CSC[C@@H](C(N)=O)NC(=O)C2(CC2C(=O)O)NC(=O)[C@H](CCCCc2ccccc2)NC(=O)[C@H](Cc2ccc(-c3ccccc3)cc2)NC(=O)[C@H](CC(C)C)NC(=O)[C@H](C(C)C)NC(=O)[C@H](CCC(=O)O)NC(=O)[C@H](CC(=O)O)NC(=O)[C@H](Cc2c[nH]cn2)NC(=O)[C@H](Cc2ccc(O)cc2)NC1=O. The number of carbonyl (C=O) groups excluding carboxylic acids is 14. The van der Waals surface area contributed by atoms with Crippen molar-refractivity contribution in [1.82, 2.24) is 79.1 Å². The fourth-order valence-electron chi connectivity index (χ4n) is 14.9. The fraction of sp³-hybridized carbons (Fsp3) is 0.446. The number of nitrogens with one attached hydrogen (secondary N) is 16. The number of rotatable bonds is 29. The zero-order valence-electron chi connectivity index (χ0n) is 74.7. The zero-order chi connectivity index (χ0) is 97.2. The van der Waals surface area contributed by atoms with E-state index in [-0.39, 0.29) is 56.4 Å². The predicted octanol–water partition coefficient (Wildman–Crippen LogP) is 1.42. The number of imidazole rings is 1. The second kappa shape index (κ2) is 50.8. The molecule has 1 aliphatic heterocycles. The van der Waals surface area contributed by atoms with Crippen LogP contribution in [0.2, 0.25) is 0 Å². The molecule has 6 aromatic rings. The Balaban J connectivity index is 1.19. The van der Waals surface area contributed by atoms with Gasteiger partial charge in [-0.1, -0.05) is 169 Å². The van der Waals surface area contributed by atoms with Crippen LogP contribution in [0.3, 0.4) is 0 Å². The number of nitrogens with two attached hydrogens (primary N) is 2. The summed E-state index contributed by atoms with van der Waals surface area (Å²) in [5.41, 5.74) is 13.3. The van der Waals surface area contributed by atoms with Crippen LogP contribution in [-0.2, 0) is 114 Å². The number of H-pyrrole nitrogens is 1. The Morgan fingerprint density at radius 1 is 0.511 bits per heavy atom. The normalized spacial score (nSPS) is 23.7. The van der Waals surface area contributed by atoms with Crippen LogP contribution in [0.5, 0.6) is 5.75 Å². The molecule has 1 saturated heterocycles. The summed E-state index contributed by atoms with van der Waals surface area (Å²) in [4.78, 5) is 252. The number of hydrogen-bond acceptors (Lipinski definition) is 21. The number of benzene rings is 5. The summed E-state index contributed by atoms with van der Waals surface area (Å²) in [5.74, 6) is -24.4. The quantitative estimate of drug-likeness (QED) is 0.0179. The third kappa shape index (κ3) is 33.3. The fourth-order valence-corrected chi connectivity index (χ4v) is 15.8. The minimum Gasteiger partial charge on any atom is -0.508 e. The van der Waals surface area contributed by atoms with E-state index in [1.165, 1.54) is 63.6 Å². The molecule has 5 aromatic carbocycles. The molecule has 1 aromatic heterocycles. The first kappa shape index (κ1) is 104. The lowest BCUT2D eigenvalue weighted by Crippen LogP contribution is -2.62. The molecule has 8 rings (SSSR count). The summed E-state index contributed by atoms with van der Waals surface area (Å²) in [6.45, 7) is 9.56. The number of thioether (sulfide) groups is 1. The average Bonchev–Trinajstić information content (AvgIpc) is 1.57. The Morgan fingerprint density at radius 2 is 1.00 bits per heavy atom. The average molecular weight is 1860 g/mol. The van der Waals surface area contributed by atoms with E-state index in [4.69, 9.17) is 16.9 Å². The highest BCUT2D eigenvalue weighted by Crippen LogP contribution is 2.44. The Morgan fingerprint density at radius 3 is 1.53 bits per heavy atom. The number of hydrogen-bond donors (Lipinski definition) is 22. The van der Waals surface area contributed by atoms with Crippen LogP contribution in [0.1, 0.15) is 147 Å². The highest BCUT2D eigenvalue weighted by molar-refractivity contribution is 8.00. The number of aromatic amines is 1. The summed E-state index contributed by atoms with van der Waals surface area (Å²) in [6.07, 6.45) is -0.130. The molecule has 40 nitrogen and oxygen atoms in total. The van der Waals surface area contributed by atoms with Gasteiger partial charge in [-0.3, -0.25) is 86.9 Å². The summed E-state index contributed by atoms with van der Waals surface area (Å²) in [6, 6.07) is 16.8. The standard InChI is InChI=1S/C92H119N19O21S/c1-7-8-11-26-63-79(120)104-68(41-55-30-34-61(112)35-31-55)84(125)106-70(43-60-46-96-49-97-60)85(126)107-71(44-75(116)117)86(127)102-65(36-37-74(114)115)80(121)110-76(51(4)5)88(129)108-66(38-50(2)3)81(122)105-67(40-54-28-32-58(33-29-54)57-23-14-10-15-24-57)82(123)101-64(27-17-16-21-53-19-12-9-13-20-53)87(128)111-92(45-62(92)89(130)131)90(132)109-72(77(93)118)47-133-48-73(113)98-52(6)78(119)103-69(83(124)100-63)42-56-22-18-25-59(39-56)99-91(94)95/h9-10,12-15,18-20,22-25,28-35,39,46,49-52,62-72,76,112H,7-8,11,16-17,21,26-27,36-38,40-45,47-48H2,1-6H3,(H2,93,118)(H,96,97)(H,98,113)(H,100,124)(H,101,123)(H,102,127)(H,103,119)(H,104,120)(H,105,122)(H,106,125)(H,107,126)(H,108,129)(H,109,132)(H,110,121)(H,111,128)(H,114,115)(H,116,117)(H,130,131)(H4,94,95,99)/t52-,62?,63-,64-,65-,66-,67-,68-,69-,70-,71-,72-,76-,92?/m0/s1. The molecule has 24 N–H and O–H groups in total. The van der Waals surface area contributed by atoms with Crippen LogP contribution in [0.15, 0.2) is 146 Å². The predicted molar refractivity (Wildman–Crippen MR) is 489 cm³/mol. The lowest BCUT2D eigenvalue weighted by atomic mass is 9.97. The first-order chi connectivity index (χ1) is 63.3. The van der Waals surface area contributed by atoms with E-state index in [2.05, 4.69) is 84.4 Å². The number of primary amides is 1. The molecule has 133 heavy (non-hydrogen) atoms. The number of carboxylic acids is 3. The monoisotopic (exact) mass is 1860 g/mol. The second-order valence-electron chi connectivity index (χ2n) is 33.8. The van der Waals surface area contributed by atoms with Crippen molar-refractivity contribution >= 4 is 124 Å². The van der Waals surface area contributed by atoms with Crippen molar-refractivity contribution in [3.05, 3.63) is 174 Å². The van der Waals surface area contributed by atoms with Crippen LogP contribution >= 0.6 is 11.8 Å². The first-order valence-corrected chi connectivity index (χ1v) is 45.1. The molecule has 2 aliphatic rings. The van der Waals surface area contributed by atoms with E-state index in [1.54, 1.807) is 56.3 Å². The third-order valence-electron chi connectivity index (χ3n) is 22.3. The van der Waals surface area contributed by atoms with Crippen molar-refractivity contribution in [2.24, 2.45) is 29.2 Å². The van der Waals surface area contributed by atoms with Crippen LogP contribution < -0.4 is 85.9 Å². The smallest absolute Gasteiger partial charge is 0.309 e. The van der Waals surface area contributed by atoms with Gasteiger partial charge in [0.25, 0.3) is 0 Å². The minimum atomic E-state index is -2.30. The number of carboxylic acid groups (broad SMARTS) is 3. The summed E-state index contributed by atoms with van der Waals surface area (Å²) < 4.78 is 0. The van der Waals surface area contributed by atoms with Crippen LogP contribution in [0.25, 0.3) is 11.1 Å². The van der Waals surface area contributed by atoms with E-state index < -0.39 is 252 Å². The zero-order valence-corrected chi connectivity index (χ0v) is 75.5. The molecule has 2 fully saturated rings. The van der Waals surface area contributed by atoms with Gasteiger partial charge in [-0.25, -0.2) is 4.98 Å². The van der Waals surface area contributed by atoms with Crippen molar-refractivity contribution < 1.29 is 102 Å². The van der Waals surface area contributed by atoms with E-state index in [0.29, 0.717) is 48.1 Å². The number of guanidine groups is 1. The Hall–Kier alpha value is -14.3. The van der Waals surface area contributed by atoms with E-state index >= 15 is 28.8 Å². The lowest BCUT2D eigenvalue weighted by molar-refractivity contribution is -0.142. The van der Waals surface area contributed by atoms with Gasteiger partial charge in [-0.15, -0.1) is 11.8 Å². The number of phenols is 1. The molecular weight excluding hydrogens is 1740 g/mol. The number of aryl methyl sites for hydroxylation is 1. The van der Waals surface area contributed by atoms with Crippen LogP contribution in [-0.4, -0.2) is 227 Å². The number of aromatic nitrogens is 2. The molecule has 1 spiro atoms. The summed E-state index contributed by atoms with van der Waals surface area (Å²) in [5, 5.41) is 85.2. The number of unbranched alkanes of at least 4 members (excludes halogenated alkanes) is 3. The van der Waals surface area contributed by atoms with Gasteiger partial charge in [0.05, 0.1) is 30.1 Å². The number of amides is 14. The number of anilines is 1. The van der Waals surface area contributed by atoms with Gasteiger partial charge in [-0.2, -0.15) is 0 Å². The molecule has 0 bridgehead atoms. The summed E-state index contributed by atoms with van der Waals surface area (Å²) >= 11 is 0.737. The molecule has 714 valence electrons.